The van der Waals surface area contributed by atoms with Crippen molar-refractivity contribution in [3.8, 4) is 5.75 Å². The number of aliphatic hydroxyl groups excluding tert-OH is 1. The Balaban J connectivity index is 2.24. The summed E-state index contributed by atoms with van der Waals surface area (Å²) in [5, 5.41) is 11.5. The average molecular weight is 297 g/mol. The van der Waals surface area contributed by atoms with E-state index in [2.05, 4.69) is 0 Å². The first-order valence-electron chi connectivity index (χ1n) is 5.86. The highest BCUT2D eigenvalue weighted by Crippen LogP contribution is 2.30. The summed E-state index contributed by atoms with van der Waals surface area (Å²) in [6, 6.07) is 12.6. The molecule has 100 valence electrons. The summed E-state index contributed by atoms with van der Waals surface area (Å²) in [5.74, 6) is 0.624. The summed E-state index contributed by atoms with van der Waals surface area (Å²) in [5.41, 5.74) is 1.64. The highest BCUT2D eigenvalue weighted by atomic mass is 35.5. The van der Waals surface area contributed by atoms with Crippen molar-refractivity contribution in [2.75, 3.05) is 7.11 Å². The van der Waals surface area contributed by atoms with Crippen LogP contribution in [-0.2, 0) is 6.42 Å². The maximum atomic E-state index is 10.3. The maximum Gasteiger partial charge on any atom is 0.124 e. The van der Waals surface area contributed by atoms with Crippen LogP contribution in [0.4, 0.5) is 0 Å². The van der Waals surface area contributed by atoms with Gasteiger partial charge in [0, 0.05) is 22.0 Å². The smallest absolute Gasteiger partial charge is 0.124 e. The summed E-state index contributed by atoms with van der Waals surface area (Å²) < 4.78 is 5.24. The van der Waals surface area contributed by atoms with Crippen molar-refractivity contribution in [2.45, 2.75) is 12.5 Å². The molecular weight excluding hydrogens is 283 g/mol. The lowest BCUT2D eigenvalue weighted by molar-refractivity contribution is 0.174. The van der Waals surface area contributed by atoms with Gasteiger partial charge in [-0.2, -0.15) is 0 Å². The van der Waals surface area contributed by atoms with Crippen LogP contribution in [0.2, 0.25) is 10.0 Å². The van der Waals surface area contributed by atoms with E-state index >= 15 is 0 Å². The molecule has 0 fully saturated rings. The molecule has 0 aliphatic heterocycles. The molecule has 0 amide bonds. The molecular formula is C15H14Cl2O2. The number of halogens is 2. The molecule has 0 spiro atoms. The fourth-order valence-corrected chi connectivity index (χ4v) is 2.36. The molecule has 2 rings (SSSR count). The topological polar surface area (TPSA) is 29.5 Å². The van der Waals surface area contributed by atoms with E-state index < -0.39 is 6.10 Å². The third-order valence-corrected chi connectivity index (χ3v) is 3.34. The second-order valence-electron chi connectivity index (χ2n) is 4.24. The predicted molar refractivity (Wildman–Crippen MR) is 78.1 cm³/mol. The van der Waals surface area contributed by atoms with Crippen molar-refractivity contribution in [1.29, 1.82) is 0 Å². The standard InChI is InChI=1S/C15H14Cl2O2/c1-19-15-6-5-12(17)9-13(15)14(18)8-10-3-2-4-11(16)7-10/h2-7,9,14,18H,8H2,1H3. The molecule has 0 heterocycles. The number of aliphatic hydroxyl groups is 1. The van der Waals surface area contributed by atoms with Crippen LogP contribution in [0.1, 0.15) is 17.2 Å². The highest BCUT2D eigenvalue weighted by molar-refractivity contribution is 6.30. The van der Waals surface area contributed by atoms with Gasteiger partial charge in [0.2, 0.25) is 0 Å². The number of benzene rings is 2. The number of rotatable bonds is 4. The highest BCUT2D eigenvalue weighted by Gasteiger charge is 2.14. The van der Waals surface area contributed by atoms with Gasteiger partial charge >= 0.3 is 0 Å². The van der Waals surface area contributed by atoms with Crippen LogP contribution in [0.25, 0.3) is 0 Å². The minimum atomic E-state index is -0.688. The first-order valence-corrected chi connectivity index (χ1v) is 6.61. The third-order valence-electron chi connectivity index (χ3n) is 2.87. The number of ether oxygens (including phenoxy) is 1. The summed E-state index contributed by atoms with van der Waals surface area (Å²) in [7, 11) is 1.57. The van der Waals surface area contributed by atoms with Gasteiger partial charge in [0.25, 0.3) is 0 Å². The molecule has 0 radical (unpaired) electrons. The van der Waals surface area contributed by atoms with Crippen molar-refractivity contribution in [2.24, 2.45) is 0 Å². The first-order chi connectivity index (χ1) is 9.10. The van der Waals surface area contributed by atoms with Crippen LogP contribution in [0.5, 0.6) is 5.75 Å². The quantitative estimate of drug-likeness (QED) is 0.912. The molecule has 0 bridgehead atoms. The van der Waals surface area contributed by atoms with Gasteiger partial charge in [0.15, 0.2) is 0 Å². The van der Waals surface area contributed by atoms with E-state index in [1.165, 1.54) is 0 Å². The second-order valence-corrected chi connectivity index (χ2v) is 5.11. The van der Waals surface area contributed by atoms with Crippen molar-refractivity contribution in [1.82, 2.24) is 0 Å². The van der Waals surface area contributed by atoms with E-state index in [0.717, 1.165) is 5.56 Å². The van der Waals surface area contributed by atoms with Crippen molar-refractivity contribution in [3.63, 3.8) is 0 Å². The van der Waals surface area contributed by atoms with Gasteiger partial charge < -0.3 is 9.84 Å². The first kappa shape index (κ1) is 14.2. The Morgan fingerprint density at radius 1 is 1.11 bits per heavy atom. The molecule has 19 heavy (non-hydrogen) atoms. The largest absolute Gasteiger partial charge is 0.496 e. The van der Waals surface area contributed by atoms with Crippen LogP contribution in [-0.4, -0.2) is 12.2 Å². The van der Waals surface area contributed by atoms with Gasteiger partial charge in [-0.3, -0.25) is 0 Å². The minimum absolute atomic E-state index is 0.456. The third kappa shape index (κ3) is 3.63. The van der Waals surface area contributed by atoms with E-state index in [-0.39, 0.29) is 0 Å². The monoisotopic (exact) mass is 296 g/mol. The van der Waals surface area contributed by atoms with Gasteiger partial charge in [-0.25, -0.2) is 0 Å². The molecule has 0 saturated carbocycles. The molecule has 2 aromatic rings. The summed E-state index contributed by atoms with van der Waals surface area (Å²) in [4.78, 5) is 0. The maximum absolute atomic E-state index is 10.3. The van der Waals surface area contributed by atoms with Crippen LogP contribution in [0.3, 0.4) is 0 Å². The summed E-state index contributed by atoms with van der Waals surface area (Å²) in [6.45, 7) is 0. The Morgan fingerprint density at radius 2 is 1.84 bits per heavy atom. The van der Waals surface area contributed by atoms with Gasteiger partial charge in [-0.1, -0.05) is 35.3 Å². The van der Waals surface area contributed by atoms with E-state index in [1.54, 1.807) is 31.4 Å². The van der Waals surface area contributed by atoms with Gasteiger partial charge in [0.05, 0.1) is 13.2 Å². The van der Waals surface area contributed by atoms with E-state index in [9.17, 15) is 5.11 Å². The molecule has 0 aliphatic carbocycles. The lowest BCUT2D eigenvalue weighted by Gasteiger charge is -2.15. The predicted octanol–water partition coefficient (Wildman–Crippen LogP) is 4.28. The second kappa shape index (κ2) is 6.29. The van der Waals surface area contributed by atoms with E-state index in [1.807, 2.05) is 18.2 Å². The zero-order valence-electron chi connectivity index (χ0n) is 10.4. The molecule has 2 aromatic carbocycles. The molecule has 0 aromatic heterocycles. The molecule has 2 nitrogen and oxygen atoms in total. The average Bonchev–Trinajstić information content (AvgIpc) is 2.38. The Morgan fingerprint density at radius 3 is 2.53 bits per heavy atom. The van der Waals surface area contributed by atoms with Crippen molar-refractivity contribution < 1.29 is 9.84 Å². The zero-order valence-corrected chi connectivity index (χ0v) is 11.9. The van der Waals surface area contributed by atoms with E-state index in [0.29, 0.717) is 27.8 Å². The van der Waals surface area contributed by atoms with E-state index in [4.69, 9.17) is 27.9 Å². The lowest BCUT2D eigenvalue weighted by Crippen LogP contribution is -2.04. The molecule has 0 aliphatic rings. The normalized spacial score (nSPS) is 12.2. The number of methoxy groups -OCH3 is 1. The fraction of sp³-hybridized carbons (Fsp3) is 0.200. The van der Waals surface area contributed by atoms with Crippen LogP contribution >= 0.6 is 23.2 Å². The summed E-state index contributed by atoms with van der Waals surface area (Å²) >= 11 is 11.9. The van der Waals surface area contributed by atoms with Crippen molar-refractivity contribution >= 4 is 23.2 Å². The minimum Gasteiger partial charge on any atom is -0.496 e. The molecule has 1 N–H and O–H groups in total. The van der Waals surface area contributed by atoms with Crippen LogP contribution < -0.4 is 4.74 Å². The molecule has 0 saturated heterocycles. The number of hydrogen-bond acceptors (Lipinski definition) is 2. The van der Waals surface area contributed by atoms with Gasteiger partial charge in [0.1, 0.15) is 5.75 Å². The Labute approximate surface area is 122 Å². The zero-order chi connectivity index (χ0) is 13.8. The van der Waals surface area contributed by atoms with Crippen molar-refractivity contribution in [3.05, 3.63) is 63.6 Å². The molecule has 1 unspecified atom stereocenters. The summed E-state index contributed by atoms with van der Waals surface area (Å²) in [6.07, 6.45) is -0.232. The lowest BCUT2D eigenvalue weighted by atomic mass is 10.0. The Bertz CT molecular complexity index is 570. The number of hydrogen-bond donors (Lipinski definition) is 1. The van der Waals surface area contributed by atoms with Gasteiger partial charge in [-0.15, -0.1) is 0 Å². The molecule has 1 atom stereocenters. The van der Waals surface area contributed by atoms with Gasteiger partial charge in [-0.05, 0) is 35.9 Å². The van der Waals surface area contributed by atoms with Crippen LogP contribution in [0, 0.1) is 0 Å². The molecule has 4 heteroatoms. The van der Waals surface area contributed by atoms with Crippen LogP contribution in [0.15, 0.2) is 42.5 Å². The SMILES string of the molecule is COc1ccc(Cl)cc1C(O)Cc1cccc(Cl)c1. The fourth-order valence-electron chi connectivity index (χ4n) is 1.96. The Hall–Kier alpha value is -1.22. The Kier molecular flexibility index (Phi) is 4.70.